The molecule has 12 heterocycles. The van der Waals surface area contributed by atoms with Crippen molar-refractivity contribution in [2.45, 2.75) is 81.4 Å². The molecule has 0 radical (unpaired) electrons. The van der Waals surface area contributed by atoms with E-state index < -0.39 is 52.7 Å². The lowest BCUT2D eigenvalue weighted by Gasteiger charge is -2.33. The van der Waals surface area contributed by atoms with E-state index in [1.807, 2.05) is 18.7 Å². The number of pyridine rings is 3. The first-order chi connectivity index (χ1) is 50.8. The molecule has 2 aromatic carbocycles. The molecule has 3 aliphatic rings. The van der Waals surface area contributed by atoms with Gasteiger partial charge in [-0.15, -0.1) is 0 Å². The smallest absolute Gasteiger partial charge is 0.344 e. The minimum absolute atomic E-state index is 0.0440. The van der Waals surface area contributed by atoms with Crippen molar-refractivity contribution in [3.8, 4) is 34.2 Å². The van der Waals surface area contributed by atoms with E-state index >= 15 is 0 Å². The van der Waals surface area contributed by atoms with Gasteiger partial charge >= 0.3 is 15.2 Å². The number of aryl methyl sites for hydroxylation is 2. The van der Waals surface area contributed by atoms with Gasteiger partial charge in [0.05, 0.1) is 60.5 Å². The molecule has 560 valence electrons. The van der Waals surface area contributed by atoms with Gasteiger partial charge in [0.25, 0.3) is 20.0 Å². The number of hydrogen-bond acceptors (Lipinski definition) is 22. The number of halogens is 6. The lowest BCUT2D eigenvalue weighted by molar-refractivity contribution is 0.174. The minimum Gasteiger partial charge on any atom is -0.345 e. The average Bonchev–Trinajstić information content (AvgIpc) is 1.60. The summed E-state index contributed by atoms with van der Waals surface area (Å²) in [5.74, 6) is -0.158. The Morgan fingerprint density at radius 1 is 0.509 bits per heavy atom. The van der Waals surface area contributed by atoms with Gasteiger partial charge < -0.3 is 28.4 Å². The third-order valence-electron chi connectivity index (χ3n) is 18.9. The Balaban J connectivity index is 0.000000151. The summed E-state index contributed by atoms with van der Waals surface area (Å²) < 4.78 is 146. The van der Waals surface area contributed by atoms with Crippen LogP contribution in [-0.2, 0) is 66.5 Å². The second-order valence-corrected chi connectivity index (χ2v) is 35.7. The molecule has 11 aromatic rings. The van der Waals surface area contributed by atoms with E-state index in [9.17, 15) is 39.1 Å². The minimum atomic E-state index is -4.02. The third-order valence-corrected chi connectivity index (χ3v) is 26.6. The number of H-pyrrole nitrogens is 1. The van der Waals surface area contributed by atoms with Crippen molar-refractivity contribution in [2.75, 3.05) is 80.3 Å². The van der Waals surface area contributed by atoms with Gasteiger partial charge in [-0.2, -0.15) is 0 Å². The van der Waals surface area contributed by atoms with Crippen molar-refractivity contribution in [3.63, 3.8) is 0 Å². The molecule has 25 nitrogen and oxygen atoms in total. The molecule has 3 atom stereocenters. The summed E-state index contributed by atoms with van der Waals surface area (Å²) in [5.41, 5.74) is 5.28. The maximum absolute atomic E-state index is 15.0. The number of nitrogens with one attached hydrogen (secondary N) is 2. The molecule has 2 N–H and O–H groups in total. The van der Waals surface area contributed by atoms with Gasteiger partial charge in [-0.3, -0.25) is 18.9 Å². The van der Waals surface area contributed by atoms with E-state index in [0.29, 0.717) is 92.2 Å². The molecule has 14 rings (SSSR count). The number of benzene rings is 2. The summed E-state index contributed by atoms with van der Waals surface area (Å²) in [5, 5.41) is 6.15. The number of aromatic nitrogens is 12. The van der Waals surface area contributed by atoms with Crippen molar-refractivity contribution in [2.24, 2.45) is 17.8 Å². The first kappa shape index (κ1) is 78.1. The van der Waals surface area contributed by atoms with Crippen molar-refractivity contribution in [1.82, 2.24) is 72.9 Å². The Bertz CT molecular complexity index is 5340. The molecule has 3 fully saturated rings. The van der Waals surface area contributed by atoms with Crippen LogP contribution in [-0.4, -0.2) is 165 Å². The van der Waals surface area contributed by atoms with E-state index in [1.54, 1.807) is 67.0 Å². The van der Waals surface area contributed by atoms with Crippen LogP contribution in [0.25, 0.3) is 67.3 Å². The molecule has 3 saturated heterocycles. The highest BCUT2D eigenvalue weighted by Gasteiger charge is 2.34. The van der Waals surface area contributed by atoms with Gasteiger partial charge in [0, 0.05) is 112 Å². The van der Waals surface area contributed by atoms with Gasteiger partial charge in [0.1, 0.15) is 18.2 Å². The fourth-order valence-electron chi connectivity index (χ4n) is 13.3. The molecule has 35 heteroatoms. The van der Waals surface area contributed by atoms with Crippen LogP contribution in [0.3, 0.4) is 0 Å². The normalized spacial score (nSPS) is 17.2. The second kappa shape index (κ2) is 33.5. The third kappa shape index (κ3) is 17.9. The lowest BCUT2D eigenvalue weighted by atomic mass is 9.93. The average molecular weight is 1590 g/mol. The van der Waals surface area contributed by atoms with Gasteiger partial charge in [-0.25, -0.2) is 82.8 Å². The van der Waals surface area contributed by atoms with Crippen LogP contribution in [0.1, 0.15) is 66.7 Å². The van der Waals surface area contributed by atoms with Gasteiger partial charge in [0.2, 0.25) is 0 Å². The SMILES string of the molecule is COP(=O)(CN1CCC[C@H](Cc2nc(-c3c[nH]c4ncc(Cl)cc34)ncc2F)C1)OC.COP(=O)(CN1CCC[C@H](Cc2nc(-c3cn(S(=O)(=O)c4ccc(C)cc4)c4ncc(Cl)cc34)ncc2F)C1)OC.Cc1ccc(S(=O)(=O)n2cc(-c3ncc(F)c(C[C@H]4CCCNC4)n3)c3cc(Cl)cnc32)cc1. The van der Waals surface area contributed by atoms with Crippen LogP contribution in [0.5, 0.6) is 0 Å². The second-order valence-electron chi connectivity index (χ2n) is 26.3. The topological polar surface area (TPSA) is 300 Å². The van der Waals surface area contributed by atoms with Crippen LogP contribution >= 0.6 is 50.0 Å². The quantitative estimate of drug-likeness (QED) is 0.0632. The number of hydrogen-bond donors (Lipinski definition) is 2. The van der Waals surface area contributed by atoms with E-state index in [-0.39, 0.29) is 68.8 Å². The molecule has 0 amide bonds. The molecule has 0 unspecified atom stereocenters. The number of likely N-dealkylation sites (tertiary alicyclic amines) is 2. The first-order valence-electron chi connectivity index (χ1n) is 34.0. The Kier molecular flexibility index (Phi) is 24.7. The van der Waals surface area contributed by atoms with E-state index in [2.05, 4.69) is 60.1 Å². The largest absolute Gasteiger partial charge is 0.345 e. The summed E-state index contributed by atoms with van der Waals surface area (Å²) in [6.07, 6.45) is 19.6. The standard InChI is InChI=1S/C27H30ClFN5O5PS.C24H23ClFN5O2S.C20H24ClFN5O3P/c1-18-6-8-21(9-7-18)41(36,37)34-16-23(22-12-20(28)13-31-27(22)34)26-30-14-24(29)25(32-26)11-19-5-4-10-33(15-19)17-40(35,38-2)39-3;1-15-4-6-18(7-5-15)34(32,33)31-14-20(19-10-17(25)12-29-24(19)31)23-28-13-21(26)22(30-23)9-16-3-2-8-27-11-16;1-29-31(28,30-2)12-27-5-3-4-13(11-27)6-18-17(22)10-25-20(26-18)16-9-24-19-15(16)7-14(21)8-23-19/h6-9,12-14,16,19H,4-5,10-11,15,17H2,1-3H3;4-7,10,12-14,16,27H,2-3,8-9,11H2,1H3;7-10,13H,3-6,11-12H2,1-2H3,(H,23,24)/t19-;16-;13-/m111/s1. The molecule has 0 aliphatic carbocycles. The molecule has 0 bridgehead atoms. The van der Waals surface area contributed by atoms with Crippen LogP contribution in [0.15, 0.2) is 132 Å². The zero-order valence-corrected chi connectivity index (χ0v) is 64.4. The highest BCUT2D eigenvalue weighted by atomic mass is 35.5. The van der Waals surface area contributed by atoms with Gasteiger partial charge in [0.15, 0.2) is 46.2 Å². The fraction of sp³-hybridized carbons (Fsp3) is 0.366. The Morgan fingerprint density at radius 2 is 0.896 bits per heavy atom. The zero-order valence-electron chi connectivity index (χ0n) is 58.7. The molecule has 9 aromatic heterocycles. The zero-order chi connectivity index (χ0) is 75.2. The Hall–Kier alpha value is -7.51. The Morgan fingerprint density at radius 3 is 1.30 bits per heavy atom. The molecule has 3 aliphatic heterocycles. The van der Waals surface area contributed by atoms with Crippen molar-refractivity contribution in [1.29, 1.82) is 0 Å². The highest BCUT2D eigenvalue weighted by Crippen LogP contribution is 2.49. The monoisotopic (exact) mass is 1590 g/mol. The molecule has 0 saturated carbocycles. The molecule has 106 heavy (non-hydrogen) atoms. The van der Waals surface area contributed by atoms with Crippen molar-refractivity contribution >= 4 is 103 Å². The first-order valence-corrected chi connectivity index (χ1v) is 41.5. The van der Waals surface area contributed by atoms with E-state index in [1.165, 1.54) is 71.6 Å². The maximum atomic E-state index is 15.0. The predicted molar refractivity (Wildman–Crippen MR) is 399 cm³/mol. The number of aromatic amines is 1. The van der Waals surface area contributed by atoms with E-state index in [0.717, 1.165) is 107 Å². The summed E-state index contributed by atoms with van der Waals surface area (Å²) >= 11 is 18.5. The van der Waals surface area contributed by atoms with Crippen LogP contribution < -0.4 is 5.32 Å². The lowest BCUT2D eigenvalue weighted by Crippen LogP contribution is -2.37. The summed E-state index contributed by atoms with van der Waals surface area (Å²) in [6, 6.07) is 18.1. The number of fused-ring (bicyclic) bond motifs is 3. The van der Waals surface area contributed by atoms with Crippen LogP contribution in [0.2, 0.25) is 15.1 Å². The van der Waals surface area contributed by atoms with Gasteiger partial charge in [-0.05, 0) is 158 Å². The van der Waals surface area contributed by atoms with Gasteiger partial charge in [-0.1, -0.05) is 70.2 Å². The number of piperidine rings is 3. The highest BCUT2D eigenvalue weighted by molar-refractivity contribution is 7.90. The summed E-state index contributed by atoms with van der Waals surface area (Å²) in [4.78, 5) is 46.3. The predicted octanol–water partition coefficient (Wildman–Crippen LogP) is 14.4. The number of rotatable bonds is 21. The molecular weight excluding hydrogens is 1510 g/mol. The fourth-order valence-corrected chi connectivity index (χ4v) is 18.7. The number of nitrogens with zero attached hydrogens (tertiary/aromatic N) is 13. The summed E-state index contributed by atoms with van der Waals surface area (Å²) in [6.45, 7) is 8.31. The van der Waals surface area contributed by atoms with Crippen molar-refractivity contribution < 1.29 is 57.2 Å². The molecular formula is C71H77Cl3F3N15O10P2S2. The van der Waals surface area contributed by atoms with Crippen molar-refractivity contribution in [3.05, 3.63) is 183 Å². The maximum Gasteiger partial charge on any atom is 0.344 e. The van der Waals surface area contributed by atoms with E-state index in [4.69, 9.17) is 52.9 Å². The van der Waals surface area contributed by atoms with Crippen LogP contribution in [0.4, 0.5) is 13.2 Å². The molecule has 0 spiro atoms. The Labute approximate surface area is 626 Å². The van der Waals surface area contributed by atoms with Crippen LogP contribution in [0, 0.1) is 49.1 Å². The summed E-state index contributed by atoms with van der Waals surface area (Å²) in [7, 11) is -8.83.